The first-order chi connectivity index (χ1) is 14.1. The van der Waals surface area contributed by atoms with Gasteiger partial charge in [-0.05, 0) is 37.4 Å². The number of piperazine rings is 1. The van der Waals surface area contributed by atoms with E-state index < -0.39 is 0 Å². The van der Waals surface area contributed by atoms with Crippen molar-refractivity contribution in [2.45, 2.75) is 20.4 Å². The maximum atomic E-state index is 12.7. The number of aryl methyl sites for hydroxylation is 2. The van der Waals surface area contributed by atoms with E-state index in [0.717, 1.165) is 49.9 Å². The van der Waals surface area contributed by atoms with Gasteiger partial charge in [0.25, 0.3) is 5.91 Å². The van der Waals surface area contributed by atoms with Crippen LogP contribution >= 0.6 is 11.3 Å². The van der Waals surface area contributed by atoms with Crippen molar-refractivity contribution in [3.8, 4) is 5.69 Å². The molecule has 3 aromatic rings. The van der Waals surface area contributed by atoms with E-state index >= 15 is 0 Å². The smallest absolute Gasteiger partial charge is 0.280 e. The Hall–Kier alpha value is -2.48. The average molecular weight is 412 g/mol. The van der Waals surface area contributed by atoms with E-state index in [1.54, 1.807) is 4.90 Å². The number of anilines is 1. The van der Waals surface area contributed by atoms with Crippen molar-refractivity contribution >= 4 is 23.1 Å². The maximum Gasteiger partial charge on any atom is 0.280 e. The van der Waals surface area contributed by atoms with Crippen LogP contribution in [0.2, 0.25) is 0 Å². The highest BCUT2D eigenvalue weighted by Crippen LogP contribution is 2.17. The highest BCUT2D eigenvalue weighted by molar-refractivity contribution is 7.09. The van der Waals surface area contributed by atoms with Crippen LogP contribution in [-0.2, 0) is 11.3 Å². The molecule has 3 N–H and O–H groups in total. The fourth-order valence-corrected chi connectivity index (χ4v) is 4.63. The Balaban J connectivity index is 1.32. The van der Waals surface area contributed by atoms with Crippen LogP contribution in [0.5, 0.6) is 0 Å². The van der Waals surface area contributed by atoms with Gasteiger partial charge in [0.1, 0.15) is 38.5 Å². The third-order valence-electron chi connectivity index (χ3n) is 5.46. The first-order valence-corrected chi connectivity index (χ1v) is 11.1. The molecule has 1 aliphatic rings. The van der Waals surface area contributed by atoms with Crippen LogP contribution in [0.4, 0.5) is 5.82 Å². The standard InChI is InChI=1S/C22H27N5OS/c1-17-5-7-19(8-6-17)27-21(14-18(2)24-27)23-22(28)16-26-11-9-25(10-12-26)15-20-4-3-13-29-20/h3-8,13-14H,9-12,15-16H2,1-2H3,(H,23,28)/p+2. The van der Waals surface area contributed by atoms with Crippen molar-refractivity contribution in [3.05, 3.63) is 64.0 Å². The maximum absolute atomic E-state index is 12.7. The molecule has 152 valence electrons. The average Bonchev–Trinajstić information content (AvgIpc) is 3.33. The first-order valence-electron chi connectivity index (χ1n) is 10.2. The molecule has 0 aliphatic carbocycles. The van der Waals surface area contributed by atoms with Crippen molar-refractivity contribution in [2.24, 2.45) is 0 Å². The summed E-state index contributed by atoms with van der Waals surface area (Å²) >= 11 is 1.83. The molecule has 29 heavy (non-hydrogen) atoms. The van der Waals surface area contributed by atoms with Crippen LogP contribution in [0.1, 0.15) is 16.1 Å². The van der Waals surface area contributed by atoms with Crippen LogP contribution in [-0.4, -0.2) is 48.4 Å². The van der Waals surface area contributed by atoms with Crippen LogP contribution in [0.25, 0.3) is 5.69 Å². The number of hydrogen-bond acceptors (Lipinski definition) is 3. The second-order valence-corrected chi connectivity index (χ2v) is 8.93. The van der Waals surface area contributed by atoms with Gasteiger partial charge in [-0.15, -0.1) is 11.3 Å². The predicted octanol–water partition coefficient (Wildman–Crippen LogP) is 0.473. The van der Waals surface area contributed by atoms with Crippen molar-refractivity contribution in [1.82, 2.24) is 9.78 Å². The van der Waals surface area contributed by atoms with Crippen molar-refractivity contribution in [2.75, 3.05) is 38.0 Å². The number of hydrogen-bond donors (Lipinski definition) is 3. The lowest BCUT2D eigenvalue weighted by Gasteiger charge is -2.29. The summed E-state index contributed by atoms with van der Waals surface area (Å²) < 4.78 is 1.81. The predicted molar refractivity (Wildman–Crippen MR) is 116 cm³/mol. The Bertz CT molecular complexity index is 940. The largest absolute Gasteiger partial charge is 0.321 e. The Morgan fingerprint density at radius 2 is 1.83 bits per heavy atom. The molecule has 4 rings (SSSR count). The van der Waals surface area contributed by atoms with Gasteiger partial charge in [0, 0.05) is 6.07 Å². The van der Waals surface area contributed by atoms with Crippen LogP contribution in [0, 0.1) is 13.8 Å². The molecule has 3 heterocycles. The molecule has 2 aromatic heterocycles. The molecular weight excluding hydrogens is 382 g/mol. The summed E-state index contributed by atoms with van der Waals surface area (Å²) in [5.41, 5.74) is 3.04. The topological polar surface area (TPSA) is 55.8 Å². The van der Waals surface area contributed by atoms with Gasteiger partial charge >= 0.3 is 0 Å². The van der Waals surface area contributed by atoms with E-state index in [1.165, 1.54) is 15.3 Å². The Labute approximate surface area is 175 Å². The van der Waals surface area contributed by atoms with Crippen molar-refractivity contribution < 1.29 is 14.6 Å². The Kier molecular flexibility index (Phi) is 6.08. The second-order valence-electron chi connectivity index (χ2n) is 7.90. The molecule has 1 aliphatic heterocycles. The summed E-state index contributed by atoms with van der Waals surface area (Å²) in [5, 5.41) is 9.77. The number of rotatable bonds is 6. The minimum absolute atomic E-state index is 0.0509. The molecule has 1 aromatic carbocycles. The molecule has 0 bridgehead atoms. The van der Waals surface area contributed by atoms with E-state index in [0.29, 0.717) is 6.54 Å². The fourth-order valence-electron chi connectivity index (χ4n) is 3.86. The Morgan fingerprint density at radius 1 is 1.10 bits per heavy atom. The SMILES string of the molecule is Cc1ccc(-n2nc(C)cc2NC(=O)C[NH+]2CC[NH+](Cc3cccs3)CC2)cc1. The molecule has 0 unspecified atom stereocenters. The van der Waals surface area contributed by atoms with Gasteiger partial charge in [-0.25, -0.2) is 4.68 Å². The Morgan fingerprint density at radius 3 is 2.52 bits per heavy atom. The number of carbonyl (C=O) groups is 1. The van der Waals surface area contributed by atoms with Gasteiger partial charge in [-0.2, -0.15) is 5.10 Å². The third kappa shape index (κ3) is 5.12. The zero-order chi connectivity index (χ0) is 20.2. The highest BCUT2D eigenvalue weighted by atomic mass is 32.1. The highest BCUT2D eigenvalue weighted by Gasteiger charge is 2.25. The first kappa shape index (κ1) is 19.8. The summed E-state index contributed by atoms with van der Waals surface area (Å²) in [6, 6.07) is 14.4. The van der Waals surface area contributed by atoms with Crippen molar-refractivity contribution in [1.29, 1.82) is 0 Å². The quantitative estimate of drug-likeness (QED) is 0.553. The third-order valence-corrected chi connectivity index (χ3v) is 6.33. The van der Waals surface area contributed by atoms with Gasteiger partial charge in [0.15, 0.2) is 6.54 Å². The van der Waals surface area contributed by atoms with Crippen LogP contribution in [0.15, 0.2) is 47.8 Å². The van der Waals surface area contributed by atoms with E-state index in [2.05, 4.69) is 47.0 Å². The normalized spacial score (nSPS) is 19.2. The van der Waals surface area contributed by atoms with Crippen molar-refractivity contribution in [3.63, 3.8) is 0 Å². The number of amides is 1. The van der Waals surface area contributed by atoms with E-state index in [-0.39, 0.29) is 5.91 Å². The number of nitrogens with zero attached hydrogens (tertiary/aromatic N) is 2. The minimum atomic E-state index is 0.0509. The van der Waals surface area contributed by atoms with Gasteiger partial charge in [0.2, 0.25) is 0 Å². The number of benzene rings is 1. The van der Waals surface area contributed by atoms with Crippen LogP contribution in [0.3, 0.4) is 0 Å². The molecule has 0 saturated carbocycles. The second kappa shape index (κ2) is 8.90. The number of aromatic nitrogens is 2. The molecule has 0 radical (unpaired) electrons. The molecule has 1 fully saturated rings. The van der Waals surface area contributed by atoms with E-state index in [9.17, 15) is 4.79 Å². The number of carbonyl (C=O) groups excluding carboxylic acids is 1. The molecule has 1 amide bonds. The van der Waals surface area contributed by atoms with Crippen LogP contribution < -0.4 is 15.1 Å². The van der Waals surface area contributed by atoms with Gasteiger partial charge < -0.3 is 15.1 Å². The molecule has 6 nitrogen and oxygen atoms in total. The minimum Gasteiger partial charge on any atom is -0.321 e. The fraction of sp³-hybridized carbons (Fsp3) is 0.364. The summed E-state index contributed by atoms with van der Waals surface area (Å²) in [6.07, 6.45) is 0. The lowest BCUT2D eigenvalue weighted by molar-refractivity contribution is -1.01. The van der Waals surface area contributed by atoms with Gasteiger partial charge in [-0.3, -0.25) is 4.79 Å². The molecule has 0 spiro atoms. The number of thiophene rings is 1. The molecule has 7 heteroatoms. The lowest BCUT2D eigenvalue weighted by Crippen LogP contribution is -3.28. The lowest BCUT2D eigenvalue weighted by atomic mass is 10.2. The van der Waals surface area contributed by atoms with E-state index in [1.807, 2.05) is 41.1 Å². The summed E-state index contributed by atoms with van der Waals surface area (Å²) in [7, 11) is 0. The molecule has 1 saturated heterocycles. The van der Waals surface area contributed by atoms with E-state index in [4.69, 9.17) is 0 Å². The zero-order valence-corrected chi connectivity index (χ0v) is 17.9. The molecular formula is C22H29N5OS+2. The summed E-state index contributed by atoms with van der Waals surface area (Å²) in [4.78, 5) is 17.1. The monoisotopic (exact) mass is 411 g/mol. The summed E-state index contributed by atoms with van der Waals surface area (Å²) in [5.74, 6) is 0.785. The number of quaternary nitrogens is 2. The zero-order valence-electron chi connectivity index (χ0n) is 17.1. The molecule has 0 atom stereocenters. The van der Waals surface area contributed by atoms with Gasteiger partial charge in [-0.1, -0.05) is 23.8 Å². The summed E-state index contributed by atoms with van der Waals surface area (Å²) in [6.45, 7) is 9.90. The number of nitrogens with one attached hydrogen (secondary N) is 3. The van der Waals surface area contributed by atoms with Gasteiger partial charge in [0.05, 0.1) is 16.3 Å².